The van der Waals surface area contributed by atoms with Crippen LogP contribution >= 0.6 is 0 Å². The number of carbonyl (C=O) groups excluding carboxylic acids is 2. The van der Waals surface area contributed by atoms with Crippen molar-refractivity contribution in [1.82, 2.24) is 9.80 Å². The Hall–Kier alpha value is -3.10. The van der Waals surface area contributed by atoms with Crippen molar-refractivity contribution in [3.8, 4) is 5.75 Å². The van der Waals surface area contributed by atoms with Crippen molar-refractivity contribution in [1.29, 1.82) is 0 Å². The summed E-state index contributed by atoms with van der Waals surface area (Å²) in [5.74, 6) is 0.883. The maximum Gasteiger partial charge on any atom is 0.410 e. The van der Waals surface area contributed by atoms with Crippen molar-refractivity contribution in [3.05, 3.63) is 59.7 Å². The quantitative estimate of drug-likeness (QED) is 0.551. The lowest BCUT2D eigenvalue weighted by Gasteiger charge is -2.37. The first-order valence-electron chi connectivity index (χ1n) is 12.9. The van der Waals surface area contributed by atoms with Gasteiger partial charge in [-0.2, -0.15) is 0 Å². The molecule has 192 valence electrons. The highest BCUT2D eigenvalue weighted by molar-refractivity contribution is 6.08. The highest BCUT2D eigenvalue weighted by atomic mass is 16.6. The number of nitrogens with zero attached hydrogens (tertiary/aromatic N) is 3. The minimum absolute atomic E-state index is 0.0965. The van der Waals surface area contributed by atoms with Gasteiger partial charge in [0.15, 0.2) is 0 Å². The summed E-state index contributed by atoms with van der Waals surface area (Å²) in [4.78, 5) is 31.9. The van der Waals surface area contributed by atoms with Crippen molar-refractivity contribution in [2.24, 2.45) is 0 Å². The van der Waals surface area contributed by atoms with Gasteiger partial charge in [-0.3, -0.25) is 9.69 Å². The summed E-state index contributed by atoms with van der Waals surface area (Å²) in [7, 11) is 1.83. The van der Waals surface area contributed by atoms with Gasteiger partial charge in [0, 0.05) is 45.8 Å². The second kappa shape index (κ2) is 10.9. The second-order valence-electron chi connectivity index (χ2n) is 9.81. The van der Waals surface area contributed by atoms with Crippen LogP contribution in [0.3, 0.4) is 0 Å². The van der Waals surface area contributed by atoms with Gasteiger partial charge >= 0.3 is 6.09 Å². The van der Waals surface area contributed by atoms with E-state index in [-0.39, 0.29) is 18.6 Å². The number of hydrogen-bond donors (Lipinski definition) is 0. The monoisotopic (exact) mass is 493 g/mol. The fraction of sp³-hybridized carbons (Fsp3) is 0.500. The van der Waals surface area contributed by atoms with Crippen LogP contribution in [0.2, 0.25) is 0 Å². The van der Waals surface area contributed by atoms with Crippen LogP contribution in [-0.4, -0.2) is 81.4 Å². The number of anilines is 1. The first-order valence-corrected chi connectivity index (χ1v) is 12.9. The van der Waals surface area contributed by atoms with Crippen molar-refractivity contribution in [3.63, 3.8) is 0 Å². The molecule has 2 aromatic carbocycles. The standard InChI is InChI=1S/C28H35N3O5/c1-29-25-20-23(35-17-5-12-30-15-18-34-19-16-30)8-9-24(25)28(26(29)32)10-13-31(14-11-28)27(33)36-21-22-6-3-2-4-7-22/h2-4,6-9,20H,5,10-19,21H2,1H3. The third-order valence-corrected chi connectivity index (χ3v) is 7.63. The highest BCUT2D eigenvalue weighted by Gasteiger charge is 2.51. The van der Waals surface area contributed by atoms with Crippen LogP contribution in [0.5, 0.6) is 5.75 Å². The Labute approximate surface area is 212 Å². The van der Waals surface area contributed by atoms with Crippen LogP contribution in [0, 0.1) is 0 Å². The van der Waals surface area contributed by atoms with Gasteiger partial charge in [0.05, 0.1) is 30.9 Å². The molecular weight excluding hydrogens is 458 g/mol. The number of amides is 2. The van der Waals surface area contributed by atoms with Crippen LogP contribution < -0.4 is 9.64 Å². The summed E-state index contributed by atoms with van der Waals surface area (Å²) in [6, 6.07) is 15.7. The molecule has 5 rings (SSSR count). The lowest BCUT2D eigenvalue weighted by Crippen LogP contribution is -2.49. The molecule has 8 heteroatoms. The summed E-state index contributed by atoms with van der Waals surface area (Å²) in [6.45, 7) is 6.45. The van der Waals surface area contributed by atoms with E-state index in [0.29, 0.717) is 32.5 Å². The molecule has 3 aliphatic rings. The minimum Gasteiger partial charge on any atom is -0.493 e. The molecule has 2 amide bonds. The molecule has 0 N–H and O–H groups in total. The van der Waals surface area contributed by atoms with Crippen molar-refractivity contribution < 1.29 is 23.8 Å². The molecule has 8 nitrogen and oxygen atoms in total. The van der Waals surface area contributed by atoms with E-state index in [1.165, 1.54) is 0 Å². The molecule has 0 saturated carbocycles. The first kappa shape index (κ1) is 24.6. The lowest BCUT2D eigenvalue weighted by molar-refractivity contribution is -0.124. The molecule has 0 bridgehead atoms. The smallest absolute Gasteiger partial charge is 0.410 e. The van der Waals surface area contributed by atoms with Crippen LogP contribution in [0.1, 0.15) is 30.4 Å². The lowest BCUT2D eigenvalue weighted by atomic mass is 9.73. The molecule has 1 spiro atoms. The number of morpholine rings is 1. The van der Waals surface area contributed by atoms with E-state index in [1.54, 1.807) is 9.80 Å². The number of piperidine rings is 1. The Morgan fingerprint density at radius 1 is 1.03 bits per heavy atom. The van der Waals surface area contributed by atoms with Gasteiger partial charge in [0.1, 0.15) is 12.4 Å². The number of carbonyl (C=O) groups is 2. The van der Waals surface area contributed by atoms with E-state index in [4.69, 9.17) is 14.2 Å². The maximum absolute atomic E-state index is 13.4. The van der Waals surface area contributed by atoms with Gasteiger partial charge in [0.2, 0.25) is 5.91 Å². The van der Waals surface area contributed by atoms with Gasteiger partial charge in [0.25, 0.3) is 0 Å². The predicted molar refractivity (Wildman–Crippen MR) is 136 cm³/mol. The van der Waals surface area contributed by atoms with Gasteiger partial charge in [-0.1, -0.05) is 36.4 Å². The maximum atomic E-state index is 13.4. The van der Waals surface area contributed by atoms with Crippen molar-refractivity contribution >= 4 is 17.7 Å². The van der Waals surface area contributed by atoms with Gasteiger partial charge in [-0.25, -0.2) is 4.79 Å². The number of likely N-dealkylation sites (tertiary alicyclic amines) is 1. The fourth-order valence-electron chi connectivity index (χ4n) is 5.50. The SMILES string of the molecule is CN1C(=O)C2(CCN(C(=O)OCc3ccccc3)CC2)c2ccc(OCCCN3CCOCC3)cc21. The zero-order chi connectivity index (χ0) is 25.0. The highest BCUT2D eigenvalue weighted by Crippen LogP contribution is 2.48. The van der Waals surface area contributed by atoms with Crippen LogP contribution in [0.4, 0.5) is 10.5 Å². The average molecular weight is 494 g/mol. The second-order valence-corrected chi connectivity index (χ2v) is 9.81. The number of likely N-dealkylation sites (N-methyl/N-ethyl adjacent to an activating group) is 1. The number of rotatable bonds is 7. The van der Waals surface area contributed by atoms with E-state index in [9.17, 15) is 9.59 Å². The van der Waals surface area contributed by atoms with Crippen LogP contribution in [0.25, 0.3) is 0 Å². The van der Waals surface area contributed by atoms with E-state index in [2.05, 4.69) is 4.90 Å². The Morgan fingerprint density at radius 3 is 2.53 bits per heavy atom. The molecule has 0 aliphatic carbocycles. The molecule has 0 unspecified atom stereocenters. The topological polar surface area (TPSA) is 71.6 Å². The summed E-state index contributed by atoms with van der Waals surface area (Å²) in [5, 5.41) is 0. The number of hydrogen-bond acceptors (Lipinski definition) is 6. The van der Waals surface area contributed by atoms with E-state index in [1.807, 2.05) is 55.6 Å². The zero-order valence-corrected chi connectivity index (χ0v) is 21.0. The van der Waals surface area contributed by atoms with Gasteiger partial charge in [-0.15, -0.1) is 0 Å². The molecule has 2 fully saturated rings. The summed E-state index contributed by atoms with van der Waals surface area (Å²) >= 11 is 0. The van der Waals surface area contributed by atoms with Gasteiger partial charge < -0.3 is 24.0 Å². The largest absolute Gasteiger partial charge is 0.493 e. The van der Waals surface area contributed by atoms with Crippen molar-refractivity contribution in [2.45, 2.75) is 31.3 Å². The Balaban J connectivity index is 1.16. The molecule has 3 aliphatic heterocycles. The molecule has 2 aromatic rings. The Morgan fingerprint density at radius 2 is 1.78 bits per heavy atom. The van der Waals surface area contributed by atoms with E-state index in [0.717, 1.165) is 61.8 Å². The molecule has 3 heterocycles. The third-order valence-electron chi connectivity index (χ3n) is 7.63. The van der Waals surface area contributed by atoms with E-state index >= 15 is 0 Å². The van der Waals surface area contributed by atoms with Crippen molar-refractivity contribution in [2.75, 3.05) is 64.5 Å². The zero-order valence-electron chi connectivity index (χ0n) is 21.0. The summed E-state index contributed by atoms with van der Waals surface area (Å²) in [5.41, 5.74) is 2.31. The number of ether oxygens (including phenoxy) is 3. The number of fused-ring (bicyclic) bond motifs is 2. The molecule has 0 atom stereocenters. The summed E-state index contributed by atoms with van der Waals surface area (Å²) < 4.78 is 16.9. The minimum atomic E-state index is -0.588. The van der Waals surface area contributed by atoms with Crippen LogP contribution in [0.15, 0.2) is 48.5 Å². The van der Waals surface area contributed by atoms with Crippen LogP contribution in [-0.2, 0) is 26.3 Å². The predicted octanol–water partition coefficient (Wildman–Crippen LogP) is 3.43. The first-order chi connectivity index (χ1) is 17.6. The van der Waals surface area contributed by atoms with Gasteiger partial charge in [-0.05, 0) is 36.5 Å². The molecule has 0 aromatic heterocycles. The summed E-state index contributed by atoms with van der Waals surface area (Å²) in [6.07, 6.45) is 1.80. The average Bonchev–Trinajstić information content (AvgIpc) is 3.13. The molecule has 36 heavy (non-hydrogen) atoms. The Kier molecular flexibility index (Phi) is 7.43. The normalized spacial score (nSPS) is 19.4. The molecular formula is C28H35N3O5. The number of benzene rings is 2. The Bertz CT molecular complexity index is 1060. The van der Waals surface area contributed by atoms with E-state index < -0.39 is 5.41 Å². The molecule has 2 saturated heterocycles. The molecule has 0 radical (unpaired) electrons. The third kappa shape index (κ3) is 5.06. The fourth-order valence-corrected chi connectivity index (χ4v) is 5.50.